The number of hydrogen-bond acceptors (Lipinski definition) is 2. The number of carbonyl (C=O) groups is 1. The summed E-state index contributed by atoms with van der Waals surface area (Å²) in [7, 11) is 5.29. The normalized spacial score (nSPS) is 9.14. The highest BCUT2D eigenvalue weighted by atomic mass is 16.1. The molecule has 1 amide bonds. The van der Waals surface area contributed by atoms with Gasteiger partial charge in [-0.25, -0.2) is 5.01 Å². The Hall–Kier alpha value is -0.570. The van der Waals surface area contributed by atoms with Crippen LogP contribution in [0.25, 0.3) is 0 Å². The summed E-state index contributed by atoms with van der Waals surface area (Å²) in [5, 5.41) is 3.13. The Bertz CT molecular complexity index is 62.7. The van der Waals surface area contributed by atoms with Gasteiger partial charge in [-0.3, -0.25) is 9.80 Å². The first-order chi connectivity index (χ1) is 3.18. The van der Waals surface area contributed by atoms with E-state index in [1.165, 1.54) is 5.01 Å². The smallest absolute Gasteiger partial charge is 0.223 e. The topological polar surface area (TPSA) is 23.6 Å². The second-order valence-electron chi connectivity index (χ2n) is 1.53. The molecule has 0 atom stereocenters. The SMILES string of the molecule is CN(C)N(C)C=O. The van der Waals surface area contributed by atoms with Gasteiger partial charge in [0.2, 0.25) is 6.41 Å². The zero-order valence-corrected chi connectivity index (χ0v) is 4.88. The van der Waals surface area contributed by atoms with Gasteiger partial charge in [0.05, 0.1) is 0 Å². The summed E-state index contributed by atoms with van der Waals surface area (Å²) in [5.74, 6) is 0. The lowest BCUT2D eigenvalue weighted by Gasteiger charge is -2.17. The Labute approximate surface area is 43.5 Å². The lowest BCUT2D eigenvalue weighted by Crippen LogP contribution is -2.31. The van der Waals surface area contributed by atoms with Gasteiger partial charge in [0, 0.05) is 21.1 Å². The first kappa shape index (κ1) is 6.43. The fourth-order valence-electron chi connectivity index (χ4n) is 0.0943. The van der Waals surface area contributed by atoms with Crippen LogP contribution in [-0.2, 0) is 4.79 Å². The third-order valence-corrected chi connectivity index (χ3v) is 0.783. The highest BCUT2D eigenvalue weighted by Crippen LogP contribution is 1.74. The van der Waals surface area contributed by atoms with Crippen molar-refractivity contribution in [3.05, 3.63) is 0 Å². The van der Waals surface area contributed by atoms with Gasteiger partial charge in [-0.2, -0.15) is 0 Å². The molecule has 7 heavy (non-hydrogen) atoms. The standard InChI is InChI=1S/C4H10N2O/c1-5(2)6(3)4-7/h4H,1-3H3. The van der Waals surface area contributed by atoms with Crippen LogP contribution < -0.4 is 0 Å². The molecule has 0 unspecified atom stereocenters. The van der Waals surface area contributed by atoms with Crippen LogP contribution in [0.2, 0.25) is 0 Å². The fraction of sp³-hybridized carbons (Fsp3) is 0.750. The van der Waals surface area contributed by atoms with Crippen molar-refractivity contribution in [1.82, 2.24) is 10.0 Å². The average molecular weight is 102 g/mol. The van der Waals surface area contributed by atoms with Crippen molar-refractivity contribution in [3.8, 4) is 0 Å². The van der Waals surface area contributed by atoms with E-state index in [4.69, 9.17) is 0 Å². The zero-order chi connectivity index (χ0) is 5.86. The molecule has 42 valence electrons. The molecule has 0 aliphatic rings. The van der Waals surface area contributed by atoms with E-state index in [2.05, 4.69) is 0 Å². The van der Waals surface area contributed by atoms with Crippen molar-refractivity contribution in [2.45, 2.75) is 0 Å². The molecule has 0 saturated heterocycles. The molecule has 0 bridgehead atoms. The van der Waals surface area contributed by atoms with E-state index in [9.17, 15) is 4.79 Å². The van der Waals surface area contributed by atoms with E-state index < -0.39 is 0 Å². The molecule has 0 spiro atoms. The van der Waals surface area contributed by atoms with Crippen LogP contribution >= 0.6 is 0 Å². The minimum absolute atomic E-state index is 0.750. The monoisotopic (exact) mass is 102 g/mol. The van der Waals surface area contributed by atoms with Gasteiger partial charge >= 0.3 is 0 Å². The first-order valence-corrected chi connectivity index (χ1v) is 2.04. The summed E-state index contributed by atoms with van der Waals surface area (Å²) in [5.41, 5.74) is 0. The minimum atomic E-state index is 0.750. The van der Waals surface area contributed by atoms with Crippen LogP contribution in [-0.4, -0.2) is 37.6 Å². The van der Waals surface area contributed by atoms with Crippen LogP contribution in [0.3, 0.4) is 0 Å². The van der Waals surface area contributed by atoms with Crippen LogP contribution in [0.1, 0.15) is 0 Å². The molecule has 0 heterocycles. The molecule has 0 radical (unpaired) electrons. The summed E-state index contributed by atoms with van der Waals surface area (Å²) >= 11 is 0. The van der Waals surface area contributed by atoms with Gasteiger partial charge in [0.1, 0.15) is 0 Å². The van der Waals surface area contributed by atoms with Crippen LogP contribution in [0, 0.1) is 0 Å². The molecular weight excluding hydrogens is 92.1 g/mol. The zero-order valence-electron chi connectivity index (χ0n) is 4.88. The summed E-state index contributed by atoms with van der Waals surface area (Å²) in [4.78, 5) is 9.83. The summed E-state index contributed by atoms with van der Waals surface area (Å²) in [6, 6.07) is 0. The molecule has 0 rings (SSSR count). The predicted octanol–water partition coefficient (Wildman–Crippen LogP) is -0.449. The maximum Gasteiger partial charge on any atom is 0.223 e. The molecule has 0 fully saturated rings. The van der Waals surface area contributed by atoms with Crippen molar-refractivity contribution < 1.29 is 4.79 Å². The van der Waals surface area contributed by atoms with E-state index in [1.807, 2.05) is 0 Å². The van der Waals surface area contributed by atoms with Crippen molar-refractivity contribution in [2.24, 2.45) is 0 Å². The van der Waals surface area contributed by atoms with Crippen LogP contribution in [0.5, 0.6) is 0 Å². The highest BCUT2D eigenvalue weighted by Gasteiger charge is 1.90. The molecular formula is C4H10N2O. The van der Waals surface area contributed by atoms with Gasteiger partial charge in [-0.1, -0.05) is 0 Å². The summed E-state index contributed by atoms with van der Waals surface area (Å²) in [6.45, 7) is 0. The van der Waals surface area contributed by atoms with Gasteiger partial charge in [0.25, 0.3) is 0 Å². The third-order valence-electron chi connectivity index (χ3n) is 0.783. The number of hydrogen-bond donors (Lipinski definition) is 0. The molecule has 0 aliphatic carbocycles. The molecule has 0 saturated carbocycles. The fourth-order valence-corrected chi connectivity index (χ4v) is 0.0943. The summed E-state index contributed by atoms with van der Waals surface area (Å²) < 4.78 is 0. The Morgan fingerprint density at radius 2 is 1.71 bits per heavy atom. The van der Waals surface area contributed by atoms with Gasteiger partial charge in [-0.15, -0.1) is 0 Å². The largest absolute Gasteiger partial charge is 0.282 e. The average Bonchev–Trinajstić information content (AvgIpc) is 1.65. The highest BCUT2D eigenvalue weighted by molar-refractivity contribution is 5.45. The summed E-state index contributed by atoms with van der Waals surface area (Å²) in [6.07, 6.45) is 0.750. The molecule has 0 aliphatic heterocycles. The van der Waals surface area contributed by atoms with E-state index in [-0.39, 0.29) is 0 Å². The second-order valence-corrected chi connectivity index (χ2v) is 1.53. The maximum absolute atomic E-state index is 9.83. The van der Waals surface area contributed by atoms with Gasteiger partial charge in [-0.05, 0) is 0 Å². The van der Waals surface area contributed by atoms with Gasteiger partial charge in [0.15, 0.2) is 0 Å². The molecule has 0 aromatic carbocycles. The minimum Gasteiger partial charge on any atom is -0.282 e. The van der Waals surface area contributed by atoms with E-state index >= 15 is 0 Å². The quantitative estimate of drug-likeness (QED) is 0.348. The molecule has 0 aromatic heterocycles. The Morgan fingerprint density at radius 3 is 1.71 bits per heavy atom. The van der Waals surface area contributed by atoms with E-state index in [0.29, 0.717) is 0 Å². The lowest BCUT2D eigenvalue weighted by molar-refractivity contribution is -0.127. The van der Waals surface area contributed by atoms with E-state index in [1.54, 1.807) is 26.2 Å². The molecule has 3 heteroatoms. The number of hydrazine groups is 1. The number of rotatable bonds is 2. The van der Waals surface area contributed by atoms with Crippen molar-refractivity contribution in [2.75, 3.05) is 21.1 Å². The van der Waals surface area contributed by atoms with Crippen LogP contribution in [0.15, 0.2) is 0 Å². The van der Waals surface area contributed by atoms with Crippen LogP contribution in [0.4, 0.5) is 0 Å². The molecule has 0 aromatic rings. The Balaban J connectivity index is 3.33. The third kappa shape index (κ3) is 2.17. The first-order valence-electron chi connectivity index (χ1n) is 2.04. The predicted molar refractivity (Wildman–Crippen MR) is 27.5 cm³/mol. The second kappa shape index (κ2) is 2.58. The number of amides is 1. The Morgan fingerprint density at radius 1 is 1.29 bits per heavy atom. The van der Waals surface area contributed by atoms with E-state index in [0.717, 1.165) is 6.41 Å². The van der Waals surface area contributed by atoms with Crippen molar-refractivity contribution >= 4 is 6.41 Å². The molecule has 3 nitrogen and oxygen atoms in total. The number of nitrogens with zero attached hydrogens (tertiary/aromatic N) is 2. The van der Waals surface area contributed by atoms with Gasteiger partial charge < -0.3 is 0 Å². The maximum atomic E-state index is 9.83. The Kier molecular flexibility index (Phi) is 2.37. The number of carbonyl (C=O) groups excluding carboxylic acids is 1. The molecule has 0 N–H and O–H groups in total. The lowest BCUT2D eigenvalue weighted by atomic mass is 11.0. The van der Waals surface area contributed by atoms with Crippen molar-refractivity contribution in [3.63, 3.8) is 0 Å². The van der Waals surface area contributed by atoms with Crippen molar-refractivity contribution in [1.29, 1.82) is 0 Å².